The third kappa shape index (κ3) is 4.54. The smallest absolute Gasteiger partial charge is 0.243 e. The molecule has 0 radical (unpaired) electrons. The summed E-state index contributed by atoms with van der Waals surface area (Å²) in [5.74, 6) is 0.584. The number of hydrogen-bond donors (Lipinski definition) is 1. The van der Waals surface area contributed by atoms with Gasteiger partial charge in [-0.05, 0) is 75.9 Å². The second-order valence-electron chi connectivity index (χ2n) is 8.86. The minimum absolute atomic E-state index is 0.0413. The maximum Gasteiger partial charge on any atom is 0.243 e. The Balaban J connectivity index is 1.41. The van der Waals surface area contributed by atoms with Gasteiger partial charge in [0.2, 0.25) is 15.9 Å². The molecule has 0 saturated carbocycles. The van der Waals surface area contributed by atoms with E-state index in [0.29, 0.717) is 30.8 Å². The van der Waals surface area contributed by atoms with Crippen molar-refractivity contribution in [2.45, 2.75) is 58.0 Å². The number of para-hydroxylation sites is 2. The second-order valence-corrected chi connectivity index (χ2v) is 10.8. The molecule has 1 unspecified atom stereocenters. The van der Waals surface area contributed by atoms with Gasteiger partial charge in [-0.1, -0.05) is 18.2 Å². The van der Waals surface area contributed by atoms with Crippen molar-refractivity contribution in [1.29, 1.82) is 0 Å². The minimum Gasteiger partial charge on any atom is -0.346 e. The molecule has 2 heterocycles. The van der Waals surface area contributed by atoms with Crippen LogP contribution in [0.15, 0.2) is 47.4 Å². The van der Waals surface area contributed by atoms with Crippen LogP contribution in [0.5, 0.6) is 0 Å². The predicted octanol–water partition coefficient (Wildman–Crippen LogP) is 3.95. The van der Waals surface area contributed by atoms with Gasteiger partial charge in [0.1, 0.15) is 5.82 Å². The summed E-state index contributed by atoms with van der Waals surface area (Å²) in [4.78, 5) is 18.0. The van der Waals surface area contributed by atoms with Crippen LogP contribution in [0, 0.1) is 19.8 Å². The summed E-state index contributed by atoms with van der Waals surface area (Å²) in [7, 11) is -3.55. The fourth-order valence-corrected chi connectivity index (χ4v) is 6.09. The van der Waals surface area contributed by atoms with Crippen molar-refractivity contribution < 1.29 is 13.2 Å². The van der Waals surface area contributed by atoms with Crippen molar-refractivity contribution in [3.05, 3.63) is 59.4 Å². The Morgan fingerprint density at radius 2 is 1.82 bits per heavy atom. The van der Waals surface area contributed by atoms with Gasteiger partial charge in [-0.15, -0.1) is 0 Å². The topological polar surface area (TPSA) is 84.3 Å². The van der Waals surface area contributed by atoms with Crippen LogP contribution in [0.25, 0.3) is 11.0 Å². The summed E-state index contributed by atoms with van der Waals surface area (Å²) >= 11 is 0. The van der Waals surface area contributed by atoms with Gasteiger partial charge in [0.05, 0.1) is 22.0 Å². The lowest BCUT2D eigenvalue weighted by atomic mass is 9.97. The number of nitrogens with zero attached hydrogens (tertiary/aromatic N) is 3. The van der Waals surface area contributed by atoms with Gasteiger partial charge in [-0.25, -0.2) is 13.4 Å². The molecular formula is C25H32N4O3S. The van der Waals surface area contributed by atoms with Gasteiger partial charge in [-0.2, -0.15) is 4.31 Å². The zero-order chi connectivity index (χ0) is 23.8. The number of rotatable bonds is 6. The molecule has 2 aromatic carbocycles. The molecule has 0 bridgehead atoms. The first-order valence-corrected chi connectivity index (χ1v) is 13.0. The lowest BCUT2D eigenvalue weighted by molar-refractivity contribution is -0.126. The highest BCUT2D eigenvalue weighted by Crippen LogP contribution is 2.26. The molecule has 0 aliphatic carbocycles. The van der Waals surface area contributed by atoms with Crippen LogP contribution in [0.4, 0.5) is 0 Å². The highest BCUT2D eigenvalue weighted by atomic mass is 32.2. The molecule has 1 N–H and O–H groups in total. The molecule has 3 aromatic rings. The van der Waals surface area contributed by atoms with E-state index >= 15 is 0 Å². The van der Waals surface area contributed by atoms with E-state index < -0.39 is 10.0 Å². The third-order valence-electron chi connectivity index (χ3n) is 6.69. The number of benzene rings is 2. The summed E-state index contributed by atoms with van der Waals surface area (Å²) in [6, 6.07) is 13.0. The van der Waals surface area contributed by atoms with E-state index in [2.05, 4.69) is 16.8 Å². The first kappa shape index (κ1) is 23.4. The highest BCUT2D eigenvalue weighted by molar-refractivity contribution is 7.89. The number of carbonyl (C=O) groups is 1. The quantitative estimate of drug-likeness (QED) is 0.594. The third-order valence-corrected chi connectivity index (χ3v) is 8.58. The molecule has 176 valence electrons. The lowest BCUT2D eigenvalue weighted by Crippen LogP contribution is -2.43. The van der Waals surface area contributed by atoms with E-state index in [-0.39, 0.29) is 17.9 Å². The summed E-state index contributed by atoms with van der Waals surface area (Å²) in [6.45, 7) is 9.35. The Bertz CT molecular complexity index is 1270. The van der Waals surface area contributed by atoms with E-state index in [0.717, 1.165) is 34.5 Å². The molecule has 4 rings (SSSR count). The van der Waals surface area contributed by atoms with E-state index in [1.165, 1.54) is 4.31 Å². The zero-order valence-corrected chi connectivity index (χ0v) is 20.5. The SMILES string of the molecule is CCn1c(C(C)NC(=O)C2CCN(S(=O)(=O)c3ccc(C)c(C)c3)CC2)nc2ccccc21. The number of aryl methyl sites for hydroxylation is 3. The highest BCUT2D eigenvalue weighted by Gasteiger charge is 2.33. The normalized spacial score (nSPS) is 16.7. The van der Waals surface area contributed by atoms with Crippen molar-refractivity contribution >= 4 is 27.0 Å². The summed E-state index contributed by atoms with van der Waals surface area (Å²) < 4.78 is 29.7. The van der Waals surface area contributed by atoms with Crippen molar-refractivity contribution in [3.8, 4) is 0 Å². The average molecular weight is 469 g/mol. The van der Waals surface area contributed by atoms with Gasteiger partial charge in [0, 0.05) is 25.6 Å². The van der Waals surface area contributed by atoms with Crippen LogP contribution in [0.1, 0.15) is 49.7 Å². The number of fused-ring (bicyclic) bond motifs is 1. The van der Waals surface area contributed by atoms with Gasteiger partial charge in [-0.3, -0.25) is 4.79 Å². The monoisotopic (exact) mass is 468 g/mol. The van der Waals surface area contributed by atoms with Crippen LogP contribution in [-0.4, -0.2) is 41.3 Å². The molecule has 1 amide bonds. The number of nitrogens with one attached hydrogen (secondary N) is 1. The number of aromatic nitrogens is 2. The number of amides is 1. The molecule has 1 fully saturated rings. The van der Waals surface area contributed by atoms with Gasteiger partial charge in [0.15, 0.2) is 0 Å². The zero-order valence-electron chi connectivity index (χ0n) is 19.7. The fourth-order valence-electron chi connectivity index (χ4n) is 4.53. The number of piperidine rings is 1. The predicted molar refractivity (Wildman–Crippen MR) is 129 cm³/mol. The van der Waals surface area contributed by atoms with Crippen molar-refractivity contribution in [3.63, 3.8) is 0 Å². The molecular weight excluding hydrogens is 436 g/mol. The molecule has 7 nitrogen and oxygen atoms in total. The maximum atomic E-state index is 13.1. The molecule has 0 spiro atoms. The minimum atomic E-state index is -3.55. The maximum absolute atomic E-state index is 13.1. The first-order valence-electron chi connectivity index (χ1n) is 11.5. The molecule has 1 aliphatic heterocycles. The Labute approximate surface area is 195 Å². The Kier molecular flexibility index (Phi) is 6.59. The summed E-state index contributed by atoms with van der Waals surface area (Å²) in [5, 5.41) is 3.11. The number of carbonyl (C=O) groups excluding carboxylic acids is 1. The van der Waals surface area contributed by atoms with Gasteiger partial charge >= 0.3 is 0 Å². The van der Waals surface area contributed by atoms with Crippen molar-refractivity contribution in [1.82, 2.24) is 19.2 Å². The van der Waals surface area contributed by atoms with Crippen LogP contribution in [0.2, 0.25) is 0 Å². The van der Waals surface area contributed by atoms with Crippen molar-refractivity contribution in [2.24, 2.45) is 5.92 Å². The Hall–Kier alpha value is -2.71. The molecule has 1 atom stereocenters. The largest absolute Gasteiger partial charge is 0.346 e. The Morgan fingerprint density at radius 3 is 2.48 bits per heavy atom. The lowest BCUT2D eigenvalue weighted by Gasteiger charge is -2.31. The number of hydrogen-bond acceptors (Lipinski definition) is 4. The Morgan fingerprint density at radius 1 is 1.12 bits per heavy atom. The fraction of sp³-hybridized carbons (Fsp3) is 0.440. The van der Waals surface area contributed by atoms with Crippen LogP contribution in [-0.2, 0) is 21.4 Å². The van der Waals surface area contributed by atoms with Gasteiger partial charge in [0.25, 0.3) is 0 Å². The van der Waals surface area contributed by atoms with E-state index in [1.807, 2.05) is 51.1 Å². The molecule has 1 saturated heterocycles. The van der Waals surface area contributed by atoms with E-state index in [9.17, 15) is 13.2 Å². The van der Waals surface area contributed by atoms with Crippen molar-refractivity contribution in [2.75, 3.05) is 13.1 Å². The molecule has 1 aliphatic rings. The number of imidazole rings is 1. The van der Waals surface area contributed by atoms with Crippen LogP contribution in [0.3, 0.4) is 0 Å². The van der Waals surface area contributed by atoms with Gasteiger partial charge < -0.3 is 9.88 Å². The average Bonchev–Trinajstić information content (AvgIpc) is 3.19. The molecule has 8 heteroatoms. The standard InChI is InChI=1S/C25H32N4O3S/c1-5-29-23-9-7-6-8-22(23)27-24(29)19(4)26-25(30)20-12-14-28(15-13-20)33(31,32)21-11-10-17(2)18(3)16-21/h6-11,16,19-20H,5,12-15H2,1-4H3,(H,26,30). The first-order chi connectivity index (χ1) is 15.7. The van der Waals surface area contributed by atoms with Crippen LogP contribution >= 0.6 is 0 Å². The van der Waals surface area contributed by atoms with Crippen LogP contribution < -0.4 is 5.32 Å². The molecule has 1 aromatic heterocycles. The number of sulfonamides is 1. The molecule has 33 heavy (non-hydrogen) atoms. The summed E-state index contributed by atoms with van der Waals surface area (Å²) in [5.41, 5.74) is 3.99. The van der Waals surface area contributed by atoms with E-state index in [1.54, 1.807) is 12.1 Å². The summed E-state index contributed by atoms with van der Waals surface area (Å²) in [6.07, 6.45) is 1.01. The van der Waals surface area contributed by atoms with E-state index in [4.69, 9.17) is 4.98 Å². The second kappa shape index (κ2) is 9.27.